The molecule has 1 fully saturated rings. The molecule has 0 aliphatic heterocycles. The summed E-state index contributed by atoms with van der Waals surface area (Å²) < 4.78 is 4.69. The van der Waals surface area contributed by atoms with Crippen molar-refractivity contribution in [1.29, 1.82) is 0 Å². The van der Waals surface area contributed by atoms with E-state index in [0.29, 0.717) is 0 Å². The van der Waals surface area contributed by atoms with Gasteiger partial charge in [0.05, 0.1) is 0 Å². The molecular weight excluding hydrogens is 244 g/mol. The molecule has 1 nitrogen and oxygen atoms in total. The molecule has 0 spiro atoms. The van der Waals surface area contributed by atoms with E-state index < -0.39 is 0 Å². The van der Waals surface area contributed by atoms with Crippen LogP contribution in [0.4, 0.5) is 0 Å². The molecule has 1 aliphatic rings. The predicted octanol–water partition coefficient (Wildman–Crippen LogP) is 7.63. The second-order valence-corrected chi connectivity index (χ2v) is 5.24. The molecule has 1 heteroatoms. The summed E-state index contributed by atoms with van der Waals surface area (Å²) in [6.45, 7) is 15.7. The lowest BCUT2D eigenvalue weighted by Gasteiger charge is -2.05. The van der Waals surface area contributed by atoms with Crippen LogP contribution < -0.4 is 0 Å². The molecule has 0 radical (unpaired) electrons. The Morgan fingerprint density at radius 1 is 0.550 bits per heavy atom. The van der Waals surface area contributed by atoms with Crippen LogP contribution in [-0.2, 0) is 4.74 Å². The summed E-state index contributed by atoms with van der Waals surface area (Å²) in [5.41, 5.74) is 0. The Bertz CT molecular complexity index is 69.5. The zero-order chi connectivity index (χ0) is 16.5. The molecule has 0 aromatic rings. The molecule has 0 bridgehead atoms. The highest BCUT2D eigenvalue weighted by Gasteiger charge is 1.95. The number of rotatable bonds is 2. The summed E-state index contributed by atoms with van der Waals surface area (Å²) in [6.07, 6.45) is 13.9. The quantitative estimate of drug-likeness (QED) is 0.508. The first-order valence-electron chi connectivity index (χ1n) is 9.15. The maximum atomic E-state index is 4.69. The molecule has 0 heterocycles. The average Bonchev–Trinajstić information content (AvgIpc) is 2.45. The van der Waals surface area contributed by atoms with Gasteiger partial charge in [-0.05, 0) is 6.42 Å². The zero-order valence-electron chi connectivity index (χ0n) is 16.2. The molecule has 1 saturated carbocycles. The van der Waals surface area contributed by atoms with Crippen molar-refractivity contribution in [2.24, 2.45) is 0 Å². The Labute approximate surface area is 131 Å². The molecule has 0 aromatic carbocycles. The monoisotopic (exact) mass is 290 g/mol. The second kappa shape index (κ2) is 42.8. The lowest BCUT2D eigenvalue weighted by Crippen LogP contribution is -1.85. The zero-order valence-corrected chi connectivity index (χ0v) is 16.2. The smallest absolute Gasteiger partial charge is 0.0459 e. The molecule has 0 unspecified atom stereocenters. The fourth-order valence-electron chi connectivity index (χ4n) is 1.26. The van der Waals surface area contributed by atoms with Crippen molar-refractivity contribution in [3.05, 3.63) is 0 Å². The summed E-state index contributed by atoms with van der Waals surface area (Å²) in [4.78, 5) is 0. The standard InChI is InChI=1S/C6H12.C4H10O.3C3H8/c1-2-4-6-5-3-1;1-3-4-5-2;3*1-3-2/h1-6H2;3-4H2,1-2H3;3*3H2,1-2H3. The van der Waals surface area contributed by atoms with Gasteiger partial charge in [0.15, 0.2) is 0 Å². The van der Waals surface area contributed by atoms with Gasteiger partial charge < -0.3 is 4.74 Å². The van der Waals surface area contributed by atoms with Gasteiger partial charge in [-0.15, -0.1) is 0 Å². The molecule has 0 atom stereocenters. The lowest BCUT2D eigenvalue weighted by atomic mass is 10.0. The number of methoxy groups -OCH3 is 1. The third-order valence-corrected chi connectivity index (χ3v) is 1.91. The number of hydrogen-bond donors (Lipinski definition) is 0. The van der Waals surface area contributed by atoms with Gasteiger partial charge in [0, 0.05) is 13.7 Å². The maximum absolute atomic E-state index is 4.69. The normalized spacial score (nSPS) is 12.0. The highest BCUT2D eigenvalue weighted by Crippen LogP contribution is 2.15. The van der Waals surface area contributed by atoms with E-state index >= 15 is 0 Å². The molecular formula is C19H46O. The first-order chi connectivity index (χ1) is 9.66. The largest absolute Gasteiger partial charge is 0.385 e. The van der Waals surface area contributed by atoms with Gasteiger partial charge in [-0.1, -0.05) is 106 Å². The van der Waals surface area contributed by atoms with Crippen molar-refractivity contribution in [2.75, 3.05) is 13.7 Å². The highest BCUT2D eigenvalue weighted by atomic mass is 16.5. The maximum Gasteiger partial charge on any atom is 0.0459 e. The third-order valence-electron chi connectivity index (χ3n) is 1.91. The van der Waals surface area contributed by atoms with Gasteiger partial charge in [-0.2, -0.15) is 0 Å². The highest BCUT2D eigenvalue weighted by molar-refractivity contribution is 4.51. The molecule has 1 rings (SSSR count). The molecule has 0 amide bonds. The summed E-state index contributed by atoms with van der Waals surface area (Å²) >= 11 is 0. The SMILES string of the molecule is C1CCCCC1.CCC.CCC.CCC.CCCOC. The summed E-state index contributed by atoms with van der Waals surface area (Å²) in [5.74, 6) is 0. The van der Waals surface area contributed by atoms with Crippen molar-refractivity contribution in [2.45, 2.75) is 113 Å². The topological polar surface area (TPSA) is 9.23 Å². The van der Waals surface area contributed by atoms with Crippen LogP contribution in [0.2, 0.25) is 0 Å². The second-order valence-electron chi connectivity index (χ2n) is 5.24. The van der Waals surface area contributed by atoms with Crippen molar-refractivity contribution >= 4 is 0 Å². The Morgan fingerprint density at radius 3 is 0.800 bits per heavy atom. The molecule has 1 aliphatic carbocycles. The van der Waals surface area contributed by atoms with Crippen molar-refractivity contribution < 1.29 is 4.74 Å². The Kier molecular flexibility index (Phi) is 60.2. The summed E-state index contributed by atoms with van der Waals surface area (Å²) in [6, 6.07) is 0. The van der Waals surface area contributed by atoms with Crippen molar-refractivity contribution in [1.82, 2.24) is 0 Å². The summed E-state index contributed by atoms with van der Waals surface area (Å²) in [7, 11) is 1.71. The van der Waals surface area contributed by atoms with Crippen LogP contribution in [0.1, 0.15) is 113 Å². The van der Waals surface area contributed by atoms with E-state index in [4.69, 9.17) is 4.74 Å². The van der Waals surface area contributed by atoms with Crippen LogP contribution in [-0.4, -0.2) is 13.7 Å². The van der Waals surface area contributed by atoms with Crippen LogP contribution in [0.5, 0.6) is 0 Å². The van der Waals surface area contributed by atoms with E-state index in [9.17, 15) is 0 Å². The average molecular weight is 291 g/mol. The van der Waals surface area contributed by atoms with Crippen molar-refractivity contribution in [3.8, 4) is 0 Å². The first kappa shape index (κ1) is 28.2. The fourth-order valence-corrected chi connectivity index (χ4v) is 1.26. The van der Waals surface area contributed by atoms with Gasteiger partial charge in [0.2, 0.25) is 0 Å². The Morgan fingerprint density at radius 2 is 0.750 bits per heavy atom. The Hall–Kier alpha value is -0.0400. The number of hydrogen-bond acceptors (Lipinski definition) is 1. The molecule has 0 N–H and O–H groups in total. The predicted molar refractivity (Wildman–Crippen MR) is 97.8 cm³/mol. The fraction of sp³-hybridized carbons (Fsp3) is 1.00. The van der Waals surface area contributed by atoms with E-state index in [1.807, 2.05) is 0 Å². The number of ether oxygens (including phenoxy) is 1. The van der Waals surface area contributed by atoms with Crippen LogP contribution in [0.25, 0.3) is 0 Å². The van der Waals surface area contributed by atoms with Gasteiger partial charge in [0.1, 0.15) is 0 Å². The molecule has 128 valence electrons. The van der Waals surface area contributed by atoms with E-state index in [2.05, 4.69) is 48.5 Å². The van der Waals surface area contributed by atoms with Crippen LogP contribution in [0, 0.1) is 0 Å². The minimum atomic E-state index is 0.889. The summed E-state index contributed by atoms with van der Waals surface area (Å²) in [5, 5.41) is 0. The van der Waals surface area contributed by atoms with Crippen molar-refractivity contribution in [3.63, 3.8) is 0 Å². The first-order valence-corrected chi connectivity index (χ1v) is 9.15. The third kappa shape index (κ3) is 81.5. The van der Waals surface area contributed by atoms with E-state index in [1.54, 1.807) is 7.11 Å². The van der Waals surface area contributed by atoms with E-state index in [-0.39, 0.29) is 0 Å². The van der Waals surface area contributed by atoms with Crippen LogP contribution >= 0.6 is 0 Å². The van der Waals surface area contributed by atoms with Gasteiger partial charge >= 0.3 is 0 Å². The Balaban J connectivity index is -0.0000000839. The molecule has 0 saturated heterocycles. The van der Waals surface area contributed by atoms with E-state index in [1.165, 1.54) is 57.8 Å². The van der Waals surface area contributed by atoms with Crippen LogP contribution in [0.3, 0.4) is 0 Å². The van der Waals surface area contributed by atoms with Crippen LogP contribution in [0.15, 0.2) is 0 Å². The molecule has 0 aromatic heterocycles. The minimum Gasteiger partial charge on any atom is -0.385 e. The molecule has 20 heavy (non-hydrogen) atoms. The van der Waals surface area contributed by atoms with E-state index in [0.717, 1.165) is 13.0 Å². The minimum absolute atomic E-state index is 0.889. The lowest BCUT2D eigenvalue weighted by molar-refractivity contribution is 0.199. The van der Waals surface area contributed by atoms with Gasteiger partial charge in [0.25, 0.3) is 0 Å². The van der Waals surface area contributed by atoms with Gasteiger partial charge in [-0.3, -0.25) is 0 Å². The van der Waals surface area contributed by atoms with Gasteiger partial charge in [-0.25, -0.2) is 0 Å².